The molecule has 8 heteroatoms. The van der Waals surface area contributed by atoms with Gasteiger partial charge in [0, 0.05) is 18.3 Å². The molecule has 0 aliphatic heterocycles. The van der Waals surface area contributed by atoms with Gasteiger partial charge in [0.25, 0.3) is 0 Å². The fraction of sp³-hybridized carbons (Fsp3) is 0.286. The lowest BCUT2D eigenvalue weighted by Crippen LogP contribution is -2.08. The molecule has 3 aromatic rings. The van der Waals surface area contributed by atoms with Crippen molar-refractivity contribution in [3.63, 3.8) is 0 Å². The van der Waals surface area contributed by atoms with Crippen LogP contribution in [0.1, 0.15) is 10.6 Å². The molecule has 3 heterocycles. The van der Waals surface area contributed by atoms with Crippen LogP contribution in [0.15, 0.2) is 17.5 Å². The second kappa shape index (κ2) is 6.20. The lowest BCUT2D eigenvalue weighted by Gasteiger charge is -2.06. The van der Waals surface area contributed by atoms with E-state index in [1.165, 1.54) is 0 Å². The molecule has 0 radical (unpaired) electrons. The van der Waals surface area contributed by atoms with Crippen molar-refractivity contribution in [2.45, 2.75) is 13.0 Å². The van der Waals surface area contributed by atoms with Crippen LogP contribution in [0.5, 0.6) is 0 Å². The zero-order valence-electron chi connectivity index (χ0n) is 11.9. The molecule has 0 aromatic carbocycles. The minimum atomic E-state index is -0.340. The minimum absolute atomic E-state index is 0.0843. The molecule has 0 atom stereocenters. The number of nitrogens with zero attached hydrogens (tertiary/aromatic N) is 3. The largest absolute Gasteiger partial charge is 0.364 e. The second-order valence-electron chi connectivity index (χ2n) is 4.83. The molecule has 5 nitrogen and oxygen atoms in total. The number of halogens is 2. The van der Waals surface area contributed by atoms with Crippen molar-refractivity contribution in [1.29, 1.82) is 0 Å². The van der Waals surface area contributed by atoms with E-state index in [-0.39, 0.29) is 11.1 Å². The highest BCUT2D eigenvalue weighted by Gasteiger charge is 2.20. The maximum Gasteiger partial charge on any atom is 0.226 e. The Labute approximate surface area is 135 Å². The van der Waals surface area contributed by atoms with Crippen LogP contribution in [0.4, 0.5) is 10.2 Å². The molecule has 0 bridgehead atoms. The van der Waals surface area contributed by atoms with Gasteiger partial charge in [-0.15, -0.1) is 11.3 Å². The maximum atomic E-state index is 14.7. The van der Waals surface area contributed by atoms with Crippen LogP contribution in [0.2, 0.25) is 5.28 Å². The van der Waals surface area contributed by atoms with Gasteiger partial charge in [-0.3, -0.25) is 0 Å². The highest BCUT2D eigenvalue weighted by Crippen LogP contribution is 2.30. The first kappa shape index (κ1) is 15.2. The van der Waals surface area contributed by atoms with E-state index >= 15 is 0 Å². The van der Waals surface area contributed by atoms with Crippen LogP contribution in [-0.4, -0.2) is 21.1 Å². The first-order chi connectivity index (χ1) is 10.6. The van der Waals surface area contributed by atoms with E-state index in [1.54, 1.807) is 23.0 Å². The number of nitrogens with one attached hydrogen (secondary N) is 1. The summed E-state index contributed by atoms with van der Waals surface area (Å²) in [7, 11) is 1.75. The van der Waals surface area contributed by atoms with E-state index < -0.39 is 0 Å². The third kappa shape index (κ3) is 2.67. The third-order valence-corrected chi connectivity index (χ3v) is 4.49. The van der Waals surface area contributed by atoms with Gasteiger partial charge in [-0.1, -0.05) is 6.07 Å². The van der Waals surface area contributed by atoms with E-state index in [9.17, 15) is 4.39 Å². The molecule has 3 aromatic heterocycles. The molecule has 0 unspecified atom stereocenters. The normalized spacial score (nSPS) is 11.3. The highest BCUT2D eigenvalue weighted by atomic mass is 35.5. The van der Waals surface area contributed by atoms with E-state index in [2.05, 4.69) is 15.3 Å². The summed E-state index contributed by atoms with van der Waals surface area (Å²) in [6, 6.07) is 3.96. The average molecular weight is 340 g/mol. The Morgan fingerprint density at radius 3 is 2.95 bits per heavy atom. The minimum Gasteiger partial charge on any atom is -0.364 e. The molecule has 22 heavy (non-hydrogen) atoms. The third-order valence-electron chi connectivity index (χ3n) is 3.45. The van der Waals surface area contributed by atoms with Crippen molar-refractivity contribution in [3.8, 4) is 0 Å². The monoisotopic (exact) mass is 339 g/mol. The van der Waals surface area contributed by atoms with Crippen molar-refractivity contribution in [1.82, 2.24) is 14.5 Å². The summed E-state index contributed by atoms with van der Waals surface area (Å²) in [6.45, 7) is 0.918. The predicted octanol–water partition coefficient (Wildman–Crippen LogP) is 2.94. The summed E-state index contributed by atoms with van der Waals surface area (Å²) in [5.74, 6) is 0.0630. The van der Waals surface area contributed by atoms with Crippen LogP contribution in [-0.2, 0) is 20.0 Å². The van der Waals surface area contributed by atoms with Gasteiger partial charge in [-0.05, 0) is 29.6 Å². The standard InChI is InChI=1S/C14H15ClFN5S/c1-21-9(4-5-17)11(16)10-12(19-14(15)20-13(10)21)18-7-8-3-2-6-22-8/h2-3,6H,4-5,7,17H2,1H3,(H,18,19,20). The Morgan fingerprint density at radius 2 is 2.27 bits per heavy atom. The summed E-state index contributed by atoms with van der Waals surface area (Å²) < 4.78 is 16.4. The zero-order chi connectivity index (χ0) is 15.7. The van der Waals surface area contributed by atoms with Gasteiger partial charge in [-0.25, -0.2) is 4.39 Å². The molecule has 0 spiro atoms. The van der Waals surface area contributed by atoms with Crippen LogP contribution in [0.3, 0.4) is 0 Å². The summed E-state index contributed by atoms with van der Waals surface area (Å²) in [4.78, 5) is 9.41. The number of thiophene rings is 1. The quantitative estimate of drug-likeness (QED) is 0.701. The van der Waals surface area contributed by atoms with Gasteiger partial charge in [0.15, 0.2) is 5.82 Å². The van der Waals surface area contributed by atoms with Crippen molar-refractivity contribution in [2.24, 2.45) is 12.8 Å². The highest BCUT2D eigenvalue weighted by molar-refractivity contribution is 7.09. The van der Waals surface area contributed by atoms with Crippen LogP contribution < -0.4 is 11.1 Å². The zero-order valence-corrected chi connectivity index (χ0v) is 13.5. The van der Waals surface area contributed by atoms with E-state index in [0.717, 1.165) is 4.88 Å². The number of anilines is 1. The molecule has 116 valence electrons. The van der Waals surface area contributed by atoms with Gasteiger partial charge in [-0.2, -0.15) is 9.97 Å². The van der Waals surface area contributed by atoms with Gasteiger partial charge in [0.1, 0.15) is 11.5 Å². The smallest absolute Gasteiger partial charge is 0.226 e. The Bertz CT molecular complexity index is 800. The van der Waals surface area contributed by atoms with Crippen molar-refractivity contribution >= 4 is 39.8 Å². The molecule has 0 saturated carbocycles. The molecule has 0 aliphatic rings. The number of hydrogen-bond donors (Lipinski definition) is 2. The molecular weight excluding hydrogens is 325 g/mol. The predicted molar refractivity (Wildman–Crippen MR) is 87.9 cm³/mol. The summed E-state index contributed by atoms with van der Waals surface area (Å²) >= 11 is 7.59. The Kier molecular flexibility index (Phi) is 4.28. The number of rotatable bonds is 5. The van der Waals surface area contributed by atoms with Crippen molar-refractivity contribution in [3.05, 3.63) is 39.2 Å². The molecule has 0 fully saturated rings. The Balaban J connectivity index is 2.06. The second-order valence-corrected chi connectivity index (χ2v) is 6.20. The van der Waals surface area contributed by atoms with Crippen LogP contribution in [0, 0.1) is 5.82 Å². The van der Waals surface area contributed by atoms with Gasteiger partial charge in [0.2, 0.25) is 5.28 Å². The van der Waals surface area contributed by atoms with E-state index in [1.807, 2.05) is 17.5 Å². The summed E-state index contributed by atoms with van der Waals surface area (Å²) in [5, 5.41) is 5.57. The number of hydrogen-bond acceptors (Lipinski definition) is 5. The van der Waals surface area contributed by atoms with Crippen LogP contribution >= 0.6 is 22.9 Å². The van der Waals surface area contributed by atoms with E-state index in [0.29, 0.717) is 42.1 Å². The molecule has 3 N–H and O–H groups in total. The van der Waals surface area contributed by atoms with Gasteiger partial charge >= 0.3 is 0 Å². The molecule has 0 aliphatic carbocycles. The first-order valence-corrected chi connectivity index (χ1v) is 8.04. The van der Waals surface area contributed by atoms with Gasteiger partial charge < -0.3 is 15.6 Å². The number of aryl methyl sites for hydroxylation is 1. The van der Waals surface area contributed by atoms with Crippen LogP contribution in [0.25, 0.3) is 11.0 Å². The van der Waals surface area contributed by atoms with Crippen molar-refractivity contribution in [2.75, 3.05) is 11.9 Å². The SMILES string of the molecule is Cn1c(CCN)c(F)c2c(NCc3cccs3)nc(Cl)nc21. The average Bonchev–Trinajstić information content (AvgIpc) is 3.08. The number of nitrogens with two attached hydrogens (primary N) is 1. The maximum absolute atomic E-state index is 14.7. The molecular formula is C14H15ClFN5S. The first-order valence-electron chi connectivity index (χ1n) is 6.78. The summed E-state index contributed by atoms with van der Waals surface area (Å²) in [5.41, 5.74) is 6.53. The fourth-order valence-electron chi connectivity index (χ4n) is 2.41. The fourth-order valence-corrected chi connectivity index (χ4v) is 3.22. The van der Waals surface area contributed by atoms with Crippen molar-refractivity contribution < 1.29 is 4.39 Å². The topological polar surface area (TPSA) is 68.8 Å². The summed E-state index contributed by atoms with van der Waals surface area (Å²) in [6.07, 6.45) is 0.431. The van der Waals surface area contributed by atoms with Gasteiger partial charge in [0.05, 0.1) is 17.6 Å². The molecule has 0 saturated heterocycles. The Hall–Kier alpha value is -1.70. The molecule has 3 rings (SSSR count). The van der Waals surface area contributed by atoms with E-state index in [4.69, 9.17) is 17.3 Å². The number of aromatic nitrogens is 3. The Morgan fingerprint density at radius 1 is 1.45 bits per heavy atom. The lowest BCUT2D eigenvalue weighted by molar-refractivity contribution is 0.606. The lowest BCUT2D eigenvalue weighted by atomic mass is 10.2. The number of fused-ring (bicyclic) bond motifs is 1. The molecule has 0 amide bonds.